The predicted molar refractivity (Wildman–Crippen MR) is 77.4 cm³/mol. The number of hydrogen-bond acceptors (Lipinski definition) is 5. The molecule has 0 aliphatic rings. The lowest BCUT2D eigenvalue weighted by molar-refractivity contribution is 0.393. The van der Waals surface area contributed by atoms with Crippen LogP contribution in [-0.4, -0.2) is 24.1 Å². The molecule has 0 spiro atoms. The summed E-state index contributed by atoms with van der Waals surface area (Å²) < 4.78 is 5.94. The third-order valence-corrected chi connectivity index (χ3v) is 4.33. The van der Waals surface area contributed by atoms with Gasteiger partial charge < -0.3 is 9.64 Å². The highest BCUT2D eigenvalue weighted by atomic mass is 79.9. The molecule has 0 N–H and O–H groups in total. The molecule has 0 radical (unpaired) electrons. The molecule has 6 heteroatoms. The second-order valence-corrected chi connectivity index (χ2v) is 5.66. The minimum atomic E-state index is 0.232. The number of ether oxygens (including phenoxy) is 1. The van der Waals surface area contributed by atoms with Crippen LogP contribution in [0.15, 0.2) is 28.2 Å². The van der Waals surface area contributed by atoms with Crippen LogP contribution in [0, 0.1) is 0 Å². The molecule has 18 heavy (non-hydrogen) atoms. The molecule has 2 aromatic rings. The monoisotopic (exact) mass is 327 g/mol. The van der Waals surface area contributed by atoms with Crippen molar-refractivity contribution in [3.8, 4) is 5.88 Å². The van der Waals surface area contributed by atoms with Gasteiger partial charge in [-0.3, -0.25) is 0 Å². The van der Waals surface area contributed by atoms with Crippen LogP contribution < -0.4 is 9.64 Å². The molecule has 1 unspecified atom stereocenters. The van der Waals surface area contributed by atoms with E-state index in [9.17, 15) is 0 Å². The molecular formula is C12H14BrN3OS. The normalized spacial score (nSPS) is 12.2. The van der Waals surface area contributed by atoms with E-state index in [1.807, 2.05) is 18.0 Å². The second-order valence-electron chi connectivity index (χ2n) is 3.83. The Hall–Kier alpha value is -1.14. The summed E-state index contributed by atoms with van der Waals surface area (Å²) in [5.41, 5.74) is 0. The highest BCUT2D eigenvalue weighted by Crippen LogP contribution is 2.28. The van der Waals surface area contributed by atoms with E-state index in [0.29, 0.717) is 11.8 Å². The summed E-state index contributed by atoms with van der Waals surface area (Å²) in [5, 5.41) is 2.07. The molecule has 2 aromatic heterocycles. The number of anilines is 1. The number of nitrogens with zero attached hydrogens (tertiary/aromatic N) is 3. The van der Waals surface area contributed by atoms with Crippen LogP contribution in [0.2, 0.25) is 0 Å². The van der Waals surface area contributed by atoms with E-state index >= 15 is 0 Å². The Labute approximate surface area is 119 Å². The van der Waals surface area contributed by atoms with Gasteiger partial charge in [0.25, 0.3) is 0 Å². The Morgan fingerprint density at radius 2 is 2.28 bits per heavy atom. The van der Waals surface area contributed by atoms with Crippen molar-refractivity contribution < 1.29 is 4.74 Å². The summed E-state index contributed by atoms with van der Waals surface area (Å²) in [5.74, 6) is 1.20. The van der Waals surface area contributed by atoms with Gasteiger partial charge in [-0.05, 0) is 34.3 Å². The smallest absolute Gasteiger partial charge is 0.232 e. The van der Waals surface area contributed by atoms with Crippen LogP contribution in [0.4, 0.5) is 5.95 Å². The van der Waals surface area contributed by atoms with Crippen LogP contribution >= 0.6 is 27.3 Å². The third-order valence-electron chi connectivity index (χ3n) is 2.74. The molecule has 0 aromatic carbocycles. The lowest BCUT2D eigenvalue weighted by atomic mass is 10.2. The van der Waals surface area contributed by atoms with Crippen molar-refractivity contribution >= 4 is 33.2 Å². The zero-order valence-electron chi connectivity index (χ0n) is 10.4. The summed E-state index contributed by atoms with van der Waals surface area (Å²) in [6.07, 6.45) is 1.71. The number of hydrogen-bond donors (Lipinski definition) is 0. The van der Waals surface area contributed by atoms with Crippen molar-refractivity contribution in [1.82, 2.24) is 9.97 Å². The molecule has 0 aliphatic heterocycles. The van der Waals surface area contributed by atoms with Crippen LogP contribution in [0.1, 0.15) is 17.8 Å². The van der Waals surface area contributed by atoms with Crippen LogP contribution in [0.25, 0.3) is 0 Å². The number of rotatable bonds is 4. The number of methoxy groups -OCH3 is 1. The summed E-state index contributed by atoms with van der Waals surface area (Å²) in [7, 11) is 3.58. The quantitative estimate of drug-likeness (QED) is 0.861. The highest BCUT2D eigenvalue weighted by molar-refractivity contribution is 9.10. The SMILES string of the molecule is COc1nc(N(C)C(C)c2cccs2)ncc1Br. The zero-order chi connectivity index (χ0) is 13.1. The van der Waals surface area contributed by atoms with Crippen LogP contribution in [0.5, 0.6) is 5.88 Å². The highest BCUT2D eigenvalue weighted by Gasteiger charge is 2.16. The first-order valence-electron chi connectivity index (χ1n) is 5.46. The van der Waals surface area contributed by atoms with Crippen molar-refractivity contribution in [1.29, 1.82) is 0 Å². The first-order chi connectivity index (χ1) is 8.63. The van der Waals surface area contributed by atoms with E-state index in [1.165, 1.54) is 4.88 Å². The van der Waals surface area contributed by atoms with E-state index < -0.39 is 0 Å². The zero-order valence-corrected chi connectivity index (χ0v) is 12.8. The molecule has 4 nitrogen and oxygen atoms in total. The Balaban J connectivity index is 2.25. The van der Waals surface area contributed by atoms with E-state index in [2.05, 4.69) is 44.3 Å². The minimum absolute atomic E-state index is 0.232. The fourth-order valence-corrected chi connectivity index (χ4v) is 2.73. The van der Waals surface area contributed by atoms with Gasteiger partial charge in [0.15, 0.2) is 0 Å². The Bertz CT molecular complexity index is 518. The van der Waals surface area contributed by atoms with E-state index in [1.54, 1.807) is 24.6 Å². The molecule has 0 fully saturated rings. The first kappa shape index (κ1) is 13.3. The fourth-order valence-electron chi connectivity index (χ4n) is 1.55. The second kappa shape index (κ2) is 5.67. The average Bonchev–Trinajstić information content (AvgIpc) is 2.91. The van der Waals surface area contributed by atoms with Crippen molar-refractivity contribution in [2.24, 2.45) is 0 Å². The van der Waals surface area contributed by atoms with Crippen molar-refractivity contribution in [3.05, 3.63) is 33.1 Å². The van der Waals surface area contributed by atoms with Gasteiger partial charge in [0, 0.05) is 11.9 Å². The summed E-state index contributed by atoms with van der Waals surface area (Å²) in [4.78, 5) is 12.0. The maximum Gasteiger partial charge on any atom is 0.232 e. The van der Waals surface area contributed by atoms with Gasteiger partial charge in [0.1, 0.15) is 0 Å². The van der Waals surface area contributed by atoms with Gasteiger partial charge in [-0.2, -0.15) is 4.98 Å². The van der Waals surface area contributed by atoms with E-state index in [-0.39, 0.29) is 6.04 Å². The largest absolute Gasteiger partial charge is 0.480 e. The van der Waals surface area contributed by atoms with Gasteiger partial charge in [0.2, 0.25) is 11.8 Å². The maximum atomic E-state index is 5.18. The predicted octanol–water partition coefficient (Wildman–Crippen LogP) is 3.51. The first-order valence-corrected chi connectivity index (χ1v) is 7.13. The van der Waals surface area contributed by atoms with Crippen LogP contribution in [0.3, 0.4) is 0 Å². The molecule has 0 saturated carbocycles. The van der Waals surface area contributed by atoms with Crippen LogP contribution in [-0.2, 0) is 0 Å². The molecule has 2 rings (SSSR count). The topological polar surface area (TPSA) is 38.2 Å². The van der Waals surface area contributed by atoms with E-state index in [0.717, 1.165) is 4.47 Å². The Kier molecular flexibility index (Phi) is 4.19. The van der Waals surface area contributed by atoms with Crippen molar-refractivity contribution in [3.63, 3.8) is 0 Å². The lowest BCUT2D eigenvalue weighted by Crippen LogP contribution is -2.23. The number of thiophene rings is 1. The minimum Gasteiger partial charge on any atom is -0.480 e. The lowest BCUT2D eigenvalue weighted by Gasteiger charge is -2.24. The number of aromatic nitrogens is 2. The summed E-state index contributed by atoms with van der Waals surface area (Å²) >= 11 is 5.08. The molecule has 0 amide bonds. The standard InChI is InChI=1S/C12H14BrN3OS/c1-8(10-5-4-6-18-10)16(2)12-14-7-9(13)11(15-12)17-3/h4-8H,1-3H3. The fraction of sp³-hybridized carbons (Fsp3) is 0.333. The van der Waals surface area contributed by atoms with Crippen molar-refractivity contribution in [2.45, 2.75) is 13.0 Å². The van der Waals surface area contributed by atoms with Gasteiger partial charge in [0.05, 0.1) is 23.8 Å². The molecule has 0 aliphatic carbocycles. The molecule has 96 valence electrons. The molecule has 0 bridgehead atoms. The Morgan fingerprint density at radius 3 is 2.89 bits per heavy atom. The molecular weight excluding hydrogens is 314 g/mol. The van der Waals surface area contributed by atoms with Gasteiger partial charge in [-0.1, -0.05) is 6.07 Å². The summed E-state index contributed by atoms with van der Waals surface area (Å²) in [6.45, 7) is 2.13. The Morgan fingerprint density at radius 1 is 1.50 bits per heavy atom. The number of halogens is 1. The summed E-state index contributed by atoms with van der Waals surface area (Å²) in [6, 6.07) is 4.39. The van der Waals surface area contributed by atoms with Crippen molar-refractivity contribution in [2.75, 3.05) is 19.1 Å². The molecule has 0 saturated heterocycles. The molecule has 2 heterocycles. The maximum absolute atomic E-state index is 5.18. The third kappa shape index (κ3) is 2.64. The molecule has 1 atom stereocenters. The van der Waals surface area contributed by atoms with Gasteiger partial charge in [-0.15, -0.1) is 11.3 Å². The van der Waals surface area contributed by atoms with Gasteiger partial charge >= 0.3 is 0 Å². The average molecular weight is 328 g/mol. The van der Waals surface area contributed by atoms with E-state index in [4.69, 9.17) is 4.74 Å². The van der Waals surface area contributed by atoms with Gasteiger partial charge in [-0.25, -0.2) is 4.98 Å².